The highest BCUT2D eigenvalue weighted by Gasteiger charge is 2.90. The number of alkyl halides is 14. The third-order valence-electron chi connectivity index (χ3n) is 2.67. The fourth-order valence-electron chi connectivity index (χ4n) is 1.27. The molecule has 0 aliphatic carbocycles. The van der Waals surface area contributed by atoms with Crippen molar-refractivity contribution in [3.8, 4) is 0 Å². The van der Waals surface area contributed by atoms with Crippen LogP contribution in [0.3, 0.4) is 0 Å². The lowest BCUT2D eigenvalue weighted by Gasteiger charge is -2.40. The van der Waals surface area contributed by atoms with E-state index in [0.717, 1.165) is 22.6 Å². The molecule has 0 bridgehead atoms. The highest BCUT2D eigenvalue weighted by molar-refractivity contribution is 14.1. The van der Waals surface area contributed by atoms with Crippen LogP contribution in [0.4, 0.5) is 57.1 Å². The van der Waals surface area contributed by atoms with Gasteiger partial charge in [0.05, 0.1) is 6.61 Å². The Kier molecular flexibility index (Phi) is 6.44. The predicted octanol–water partition coefficient (Wildman–Crippen LogP) is 4.91. The average Bonchev–Trinajstić information content (AvgIpc) is 2.35. The molecule has 1 nitrogen and oxygen atoms in total. The van der Waals surface area contributed by atoms with Crippen molar-refractivity contribution in [3.63, 3.8) is 0 Å². The molecule has 0 saturated heterocycles. The molecule has 1 N–H and O–H groups in total. The minimum atomic E-state index is -7.88. The molecule has 0 aromatic rings. The van der Waals surface area contributed by atoms with Crippen LogP contribution in [-0.2, 0) is 0 Å². The fraction of sp³-hybridized carbons (Fsp3) is 1.00. The molecule has 0 rings (SSSR count). The van der Waals surface area contributed by atoms with Crippen molar-refractivity contribution in [2.24, 2.45) is 0 Å². The number of rotatable bonds is 7. The summed E-state index contributed by atoms with van der Waals surface area (Å²) in [7, 11) is 0. The molecule has 0 aromatic heterocycles. The van der Waals surface area contributed by atoms with Gasteiger partial charge in [-0.1, -0.05) is 22.6 Å². The van der Waals surface area contributed by atoms with Gasteiger partial charge in [0.15, 0.2) is 0 Å². The fourth-order valence-corrected chi connectivity index (χ4v) is 1.83. The van der Waals surface area contributed by atoms with E-state index in [1.807, 2.05) is 0 Å². The standard InChI is InChI=1S/C9H6F13IO/c10-4(11,1-3(23)2-24)5(12,13)6(14,15)7(16,17)8(18,19)9(20,21)22/h3,24H,1-2H2. The average molecular weight is 504 g/mol. The van der Waals surface area contributed by atoms with Gasteiger partial charge < -0.3 is 5.11 Å². The molecule has 146 valence electrons. The predicted molar refractivity (Wildman–Crippen MR) is 60.3 cm³/mol. The first kappa shape index (κ1) is 23.8. The summed E-state index contributed by atoms with van der Waals surface area (Å²) >= 11 is 0.825. The van der Waals surface area contributed by atoms with E-state index < -0.39 is 52.7 Å². The van der Waals surface area contributed by atoms with Gasteiger partial charge in [0, 0.05) is 10.3 Å². The third kappa shape index (κ3) is 3.51. The maximum Gasteiger partial charge on any atom is 0.460 e. The Bertz CT molecular complexity index is 443. The number of hydrogen-bond donors (Lipinski definition) is 1. The van der Waals surface area contributed by atoms with Gasteiger partial charge in [0.2, 0.25) is 0 Å². The molecule has 0 heterocycles. The molecule has 0 aliphatic heterocycles. The van der Waals surface area contributed by atoms with Crippen LogP contribution in [0, 0.1) is 0 Å². The Morgan fingerprint density at radius 2 is 0.958 bits per heavy atom. The molecule has 15 heteroatoms. The summed E-state index contributed by atoms with van der Waals surface area (Å²) in [5, 5.41) is 8.37. The van der Waals surface area contributed by atoms with E-state index >= 15 is 0 Å². The summed E-state index contributed by atoms with van der Waals surface area (Å²) < 4.78 is 163. The van der Waals surface area contributed by atoms with Crippen LogP contribution in [-0.4, -0.2) is 51.4 Å². The molecule has 0 aliphatic rings. The van der Waals surface area contributed by atoms with Crippen LogP contribution in [0.5, 0.6) is 0 Å². The van der Waals surface area contributed by atoms with Gasteiger partial charge in [-0.3, -0.25) is 0 Å². The van der Waals surface area contributed by atoms with Gasteiger partial charge in [-0.2, -0.15) is 57.1 Å². The van der Waals surface area contributed by atoms with Crippen LogP contribution in [0.1, 0.15) is 6.42 Å². The van der Waals surface area contributed by atoms with Crippen LogP contribution in [0.25, 0.3) is 0 Å². The summed E-state index contributed by atoms with van der Waals surface area (Å²) in [6.07, 6.45) is -9.80. The molecular formula is C9H6F13IO. The lowest BCUT2D eigenvalue weighted by atomic mass is 9.92. The smallest absolute Gasteiger partial charge is 0.395 e. The lowest BCUT2D eigenvalue weighted by molar-refractivity contribution is -0.440. The molecule has 0 spiro atoms. The van der Waals surface area contributed by atoms with E-state index in [2.05, 4.69) is 0 Å². The first-order valence-corrected chi connectivity index (χ1v) is 6.66. The molecule has 24 heavy (non-hydrogen) atoms. The zero-order valence-corrected chi connectivity index (χ0v) is 12.9. The van der Waals surface area contributed by atoms with E-state index in [1.165, 1.54) is 0 Å². The van der Waals surface area contributed by atoms with Crippen molar-refractivity contribution in [1.82, 2.24) is 0 Å². The first-order chi connectivity index (χ1) is 10.2. The monoisotopic (exact) mass is 504 g/mol. The zero-order valence-electron chi connectivity index (χ0n) is 10.7. The maximum absolute atomic E-state index is 13.1. The van der Waals surface area contributed by atoms with Gasteiger partial charge in [-0.25, -0.2) is 0 Å². The van der Waals surface area contributed by atoms with Crippen molar-refractivity contribution in [1.29, 1.82) is 0 Å². The first-order valence-electron chi connectivity index (χ1n) is 5.41. The molecule has 0 aromatic carbocycles. The van der Waals surface area contributed by atoms with E-state index in [9.17, 15) is 57.1 Å². The summed E-state index contributed by atoms with van der Waals surface area (Å²) in [6.45, 7) is -1.31. The Hall–Kier alpha value is -0.220. The Morgan fingerprint density at radius 3 is 1.25 bits per heavy atom. The van der Waals surface area contributed by atoms with E-state index in [1.54, 1.807) is 0 Å². The summed E-state index contributed by atoms with van der Waals surface area (Å²) in [5.74, 6) is -36.8. The number of aliphatic hydroxyl groups excluding tert-OH is 1. The van der Waals surface area contributed by atoms with Crippen LogP contribution >= 0.6 is 22.6 Å². The number of halogens is 14. The van der Waals surface area contributed by atoms with Crippen LogP contribution < -0.4 is 0 Å². The van der Waals surface area contributed by atoms with Gasteiger partial charge in [0.25, 0.3) is 0 Å². The molecule has 1 unspecified atom stereocenters. The summed E-state index contributed by atoms with van der Waals surface area (Å²) in [6, 6.07) is 0. The Balaban J connectivity index is 6.11. The van der Waals surface area contributed by atoms with Gasteiger partial charge in [0.1, 0.15) is 0 Å². The number of aliphatic hydroxyl groups is 1. The van der Waals surface area contributed by atoms with Gasteiger partial charge in [-0.15, -0.1) is 0 Å². The zero-order chi connectivity index (χ0) is 20.0. The van der Waals surface area contributed by atoms with Crippen LogP contribution in [0.2, 0.25) is 0 Å². The molecule has 0 radical (unpaired) electrons. The second-order valence-electron chi connectivity index (χ2n) is 4.48. The lowest BCUT2D eigenvalue weighted by Crippen LogP contribution is -2.70. The van der Waals surface area contributed by atoms with E-state index in [-0.39, 0.29) is 0 Å². The van der Waals surface area contributed by atoms with Crippen LogP contribution in [0.15, 0.2) is 0 Å². The number of hydrogen-bond acceptors (Lipinski definition) is 1. The third-order valence-corrected chi connectivity index (χ3v) is 3.51. The quantitative estimate of drug-likeness (QED) is 0.297. The van der Waals surface area contributed by atoms with Gasteiger partial charge in [-0.05, 0) is 0 Å². The minimum absolute atomic E-state index is 0.825. The van der Waals surface area contributed by atoms with Crippen molar-refractivity contribution in [2.75, 3.05) is 6.61 Å². The molecule has 0 amide bonds. The van der Waals surface area contributed by atoms with Crippen molar-refractivity contribution in [3.05, 3.63) is 0 Å². The Labute approximate surface area is 138 Å². The SMILES string of the molecule is OCC(I)CC(F)(F)C(F)(F)C(F)(F)C(F)(F)C(F)(F)C(F)(F)F. The van der Waals surface area contributed by atoms with E-state index in [4.69, 9.17) is 5.11 Å². The molecule has 1 atom stereocenters. The topological polar surface area (TPSA) is 20.2 Å². The largest absolute Gasteiger partial charge is 0.460 e. The highest BCUT2D eigenvalue weighted by atomic mass is 127. The Morgan fingerprint density at radius 1 is 0.625 bits per heavy atom. The van der Waals surface area contributed by atoms with Crippen molar-refractivity contribution in [2.45, 2.75) is 46.1 Å². The molecule has 0 fully saturated rings. The van der Waals surface area contributed by atoms with Crippen molar-refractivity contribution >= 4 is 22.6 Å². The summed E-state index contributed by atoms with van der Waals surface area (Å²) in [5.41, 5.74) is 0. The summed E-state index contributed by atoms with van der Waals surface area (Å²) in [4.78, 5) is 0. The maximum atomic E-state index is 13.1. The second kappa shape index (κ2) is 6.50. The second-order valence-corrected chi connectivity index (χ2v) is 6.25. The highest BCUT2D eigenvalue weighted by Crippen LogP contribution is 2.60. The minimum Gasteiger partial charge on any atom is -0.395 e. The normalized spacial score (nSPS) is 17.1. The van der Waals surface area contributed by atoms with E-state index in [0.29, 0.717) is 0 Å². The van der Waals surface area contributed by atoms with Crippen molar-refractivity contribution < 1.29 is 62.2 Å². The van der Waals surface area contributed by atoms with Gasteiger partial charge >= 0.3 is 35.8 Å². The molecule has 0 saturated carbocycles. The molecular weight excluding hydrogens is 498 g/mol.